The van der Waals surface area contributed by atoms with Crippen LogP contribution in [0, 0.1) is 6.92 Å². The van der Waals surface area contributed by atoms with Crippen molar-refractivity contribution in [2.24, 2.45) is 0 Å². The van der Waals surface area contributed by atoms with E-state index in [0.717, 1.165) is 41.1 Å². The monoisotopic (exact) mass is 547 g/mol. The summed E-state index contributed by atoms with van der Waals surface area (Å²) >= 11 is 0. The van der Waals surface area contributed by atoms with Crippen molar-refractivity contribution in [3.63, 3.8) is 0 Å². The van der Waals surface area contributed by atoms with Crippen LogP contribution in [0.1, 0.15) is 50.2 Å². The van der Waals surface area contributed by atoms with Gasteiger partial charge in [0, 0.05) is 12.6 Å². The minimum atomic E-state index is -4.05. The molecule has 0 aliphatic heterocycles. The van der Waals surface area contributed by atoms with E-state index in [1.165, 1.54) is 17.0 Å². The van der Waals surface area contributed by atoms with Crippen LogP contribution in [0.2, 0.25) is 0 Å². The zero-order chi connectivity index (χ0) is 27.8. The average molecular weight is 548 g/mol. The van der Waals surface area contributed by atoms with Gasteiger partial charge in [0.05, 0.1) is 10.6 Å². The van der Waals surface area contributed by atoms with E-state index in [4.69, 9.17) is 0 Å². The van der Waals surface area contributed by atoms with E-state index in [-0.39, 0.29) is 23.4 Å². The van der Waals surface area contributed by atoms with Gasteiger partial charge in [-0.1, -0.05) is 86.0 Å². The zero-order valence-corrected chi connectivity index (χ0v) is 23.4. The molecule has 206 valence electrons. The molecule has 1 saturated carbocycles. The topological polar surface area (TPSA) is 86.8 Å². The molecule has 8 heteroatoms. The molecule has 0 saturated heterocycles. The number of nitrogens with zero attached hydrogens (tertiary/aromatic N) is 2. The Hall–Kier alpha value is -3.65. The Labute approximate surface area is 231 Å². The Morgan fingerprint density at radius 2 is 1.49 bits per heavy atom. The Morgan fingerprint density at radius 3 is 2.08 bits per heavy atom. The molecule has 2 amide bonds. The number of hydrogen-bond acceptors (Lipinski definition) is 4. The molecule has 7 nitrogen and oxygen atoms in total. The Balaban J connectivity index is 1.68. The van der Waals surface area contributed by atoms with Crippen molar-refractivity contribution >= 4 is 27.5 Å². The second kappa shape index (κ2) is 12.9. The lowest BCUT2D eigenvalue weighted by atomic mass is 10.1. The number of anilines is 1. The summed E-state index contributed by atoms with van der Waals surface area (Å²) in [6.45, 7) is 3.64. The van der Waals surface area contributed by atoms with Gasteiger partial charge in [0.2, 0.25) is 11.8 Å². The van der Waals surface area contributed by atoms with Gasteiger partial charge in [-0.25, -0.2) is 8.42 Å². The molecular formula is C31H37N3O4S. The molecule has 0 spiro atoms. The summed E-state index contributed by atoms with van der Waals surface area (Å²) in [5.74, 6) is -0.630. The number of rotatable bonds is 11. The highest BCUT2D eigenvalue weighted by Crippen LogP contribution is 2.25. The highest BCUT2D eigenvalue weighted by atomic mass is 32.2. The van der Waals surface area contributed by atoms with Crippen molar-refractivity contribution in [2.75, 3.05) is 10.8 Å². The molecule has 0 heterocycles. The first-order valence-electron chi connectivity index (χ1n) is 13.6. The molecule has 0 bridgehead atoms. The van der Waals surface area contributed by atoms with Gasteiger partial charge in [-0.05, 0) is 56.0 Å². The third-order valence-electron chi connectivity index (χ3n) is 7.22. The largest absolute Gasteiger partial charge is 0.352 e. The molecule has 0 radical (unpaired) electrons. The maximum atomic E-state index is 14.1. The van der Waals surface area contributed by atoms with E-state index >= 15 is 0 Å². The van der Waals surface area contributed by atoms with Gasteiger partial charge < -0.3 is 10.2 Å². The molecule has 1 fully saturated rings. The maximum Gasteiger partial charge on any atom is 0.264 e. The average Bonchev–Trinajstić information content (AvgIpc) is 3.46. The number of nitrogens with one attached hydrogen (secondary N) is 1. The van der Waals surface area contributed by atoms with Crippen LogP contribution in [0.15, 0.2) is 89.8 Å². The summed E-state index contributed by atoms with van der Waals surface area (Å²) in [6.07, 6.45) is 4.44. The smallest absolute Gasteiger partial charge is 0.264 e. The van der Waals surface area contributed by atoms with Gasteiger partial charge in [-0.15, -0.1) is 0 Å². The van der Waals surface area contributed by atoms with Crippen LogP contribution < -0.4 is 9.62 Å². The molecule has 4 rings (SSSR count). The fourth-order valence-electron chi connectivity index (χ4n) is 5.02. The SMILES string of the molecule is CC[C@H](C(=O)NC1CCCC1)N(Cc1ccc(C)cc1)C(=O)CN(c1ccccc1)S(=O)(=O)c1ccccc1. The summed E-state index contributed by atoms with van der Waals surface area (Å²) in [4.78, 5) is 29.1. The van der Waals surface area contributed by atoms with Crippen LogP contribution in [-0.4, -0.2) is 43.8 Å². The van der Waals surface area contributed by atoms with E-state index in [2.05, 4.69) is 5.32 Å². The van der Waals surface area contributed by atoms with Gasteiger partial charge in [-0.2, -0.15) is 0 Å². The van der Waals surface area contributed by atoms with Gasteiger partial charge in [0.25, 0.3) is 10.0 Å². The third-order valence-corrected chi connectivity index (χ3v) is 9.00. The summed E-state index contributed by atoms with van der Waals surface area (Å²) in [6, 6.07) is 23.9. The van der Waals surface area contributed by atoms with Crippen molar-refractivity contribution < 1.29 is 18.0 Å². The van der Waals surface area contributed by atoms with Crippen molar-refractivity contribution in [3.05, 3.63) is 96.1 Å². The van der Waals surface area contributed by atoms with Crippen molar-refractivity contribution in [3.8, 4) is 0 Å². The zero-order valence-electron chi connectivity index (χ0n) is 22.6. The second-order valence-corrected chi connectivity index (χ2v) is 11.9. The highest BCUT2D eigenvalue weighted by Gasteiger charge is 2.34. The van der Waals surface area contributed by atoms with Crippen LogP contribution in [-0.2, 0) is 26.2 Å². The first kappa shape index (κ1) is 28.4. The quantitative estimate of drug-likeness (QED) is 0.364. The predicted molar refractivity (Wildman–Crippen MR) is 154 cm³/mol. The Bertz CT molecular complexity index is 1340. The second-order valence-electron chi connectivity index (χ2n) is 10.1. The minimum Gasteiger partial charge on any atom is -0.352 e. The van der Waals surface area contributed by atoms with Gasteiger partial charge in [-0.3, -0.25) is 13.9 Å². The van der Waals surface area contributed by atoms with E-state index in [0.29, 0.717) is 12.1 Å². The van der Waals surface area contributed by atoms with Crippen molar-refractivity contribution in [1.82, 2.24) is 10.2 Å². The fourth-order valence-corrected chi connectivity index (χ4v) is 6.46. The molecular weight excluding hydrogens is 510 g/mol. The molecule has 0 aromatic heterocycles. The predicted octanol–water partition coefficient (Wildman–Crippen LogP) is 5.06. The normalized spacial score (nSPS) is 14.5. The van der Waals surface area contributed by atoms with Crippen LogP contribution in [0.25, 0.3) is 0 Å². The molecule has 1 N–H and O–H groups in total. The molecule has 39 heavy (non-hydrogen) atoms. The van der Waals surface area contributed by atoms with Crippen molar-refractivity contribution in [2.45, 2.75) is 69.5 Å². The van der Waals surface area contributed by atoms with Gasteiger partial charge >= 0.3 is 0 Å². The lowest BCUT2D eigenvalue weighted by Crippen LogP contribution is -2.53. The van der Waals surface area contributed by atoms with E-state index in [1.54, 1.807) is 48.5 Å². The number of carbonyl (C=O) groups is 2. The van der Waals surface area contributed by atoms with Gasteiger partial charge in [0.1, 0.15) is 12.6 Å². The van der Waals surface area contributed by atoms with Gasteiger partial charge in [0.15, 0.2) is 0 Å². The summed E-state index contributed by atoms with van der Waals surface area (Å²) < 4.78 is 28.7. The number of carbonyl (C=O) groups excluding carboxylic acids is 2. The Morgan fingerprint density at radius 1 is 0.897 bits per heavy atom. The summed E-state index contributed by atoms with van der Waals surface area (Å²) in [5.41, 5.74) is 2.35. The Kier molecular flexibility index (Phi) is 9.41. The third kappa shape index (κ3) is 7.06. The molecule has 3 aromatic carbocycles. The molecule has 3 aromatic rings. The van der Waals surface area contributed by atoms with E-state index in [9.17, 15) is 18.0 Å². The summed E-state index contributed by atoms with van der Waals surface area (Å²) in [7, 11) is -4.05. The molecule has 1 aliphatic carbocycles. The number of benzene rings is 3. The van der Waals surface area contributed by atoms with Crippen LogP contribution in [0.4, 0.5) is 5.69 Å². The number of sulfonamides is 1. The van der Waals surface area contributed by atoms with Crippen molar-refractivity contribution in [1.29, 1.82) is 0 Å². The standard InChI is InChI=1S/C31H37N3O4S/c1-3-29(31(36)32-26-12-10-11-13-26)33(22-25-20-18-24(2)19-21-25)30(35)23-34(27-14-6-4-7-15-27)39(37,38)28-16-8-5-9-17-28/h4-9,14-21,26,29H,3,10-13,22-23H2,1-2H3,(H,32,36)/t29-/m1/s1. The highest BCUT2D eigenvalue weighted by molar-refractivity contribution is 7.92. The molecule has 1 aliphatic rings. The van der Waals surface area contributed by atoms with E-state index < -0.39 is 28.5 Å². The fraction of sp³-hybridized carbons (Fsp3) is 0.355. The summed E-state index contributed by atoms with van der Waals surface area (Å²) in [5, 5.41) is 3.14. The first-order valence-corrected chi connectivity index (χ1v) is 15.0. The number of amides is 2. The number of hydrogen-bond donors (Lipinski definition) is 1. The number of para-hydroxylation sites is 1. The number of aryl methyl sites for hydroxylation is 1. The lowest BCUT2D eigenvalue weighted by molar-refractivity contribution is -0.140. The van der Waals surface area contributed by atoms with Crippen LogP contribution in [0.3, 0.4) is 0 Å². The van der Waals surface area contributed by atoms with Crippen LogP contribution >= 0.6 is 0 Å². The maximum absolute atomic E-state index is 14.1. The molecule has 1 atom stereocenters. The first-order chi connectivity index (χ1) is 18.8. The lowest BCUT2D eigenvalue weighted by Gasteiger charge is -2.33. The molecule has 0 unspecified atom stereocenters. The van der Waals surface area contributed by atoms with Crippen LogP contribution in [0.5, 0.6) is 0 Å². The van der Waals surface area contributed by atoms with E-state index in [1.807, 2.05) is 38.1 Å². The minimum absolute atomic E-state index is 0.0951.